The molecule has 0 saturated carbocycles. The van der Waals surface area contributed by atoms with Crippen LogP contribution in [0.2, 0.25) is 0 Å². The van der Waals surface area contributed by atoms with Crippen LogP contribution in [0.25, 0.3) is 0 Å². The Balaban J connectivity index is 3.33. The van der Waals surface area contributed by atoms with E-state index in [4.69, 9.17) is 23.7 Å². The molecule has 0 aliphatic carbocycles. The molecule has 0 bridgehead atoms. The molecule has 1 aliphatic rings. The van der Waals surface area contributed by atoms with Gasteiger partial charge in [0.05, 0.1) is 0 Å². The molecule has 1 rings (SSSR count). The quantitative estimate of drug-likeness (QED) is 0.356. The van der Waals surface area contributed by atoms with E-state index in [9.17, 15) is 19.2 Å². The standard InChI is InChI=1S/C18H28O9S/c1-9(19)23-8-13-14(24-10(2)20)15(25-11(3)21)16(26-12(4)22)17(27-13)28-18(5,6)7/h13-17H,8H2,1-7H3/t13-,14-,15+,16-,17+/m1/s1/i17+1. The molecule has 0 aromatic carbocycles. The molecule has 0 unspecified atom stereocenters. The van der Waals surface area contributed by atoms with Gasteiger partial charge in [-0.25, -0.2) is 0 Å². The van der Waals surface area contributed by atoms with Crippen LogP contribution in [0.4, 0.5) is 0 Å². The van der Waals surface area contributed by atoms with Gasteiger partial charge in [0.15, 0.2) is 18.3 Å². The van der Waals surface area contributed by atoms with Crippen LogP contribution in [0.5, 0.6) is 0 Å². The van der Waals surface area contributed by atoms with Crippen molar-refractivity contribution in [2.45, 2.75) is 83.1 Å². The van der Waals surface area contributed by atoms with Gasteiger partial charge in [-0.1, -0.05) is 20.8 Å². The minimum Gasteiger partial charge on any atom is -0.463 e. The number of thioether (sulfide) groups is 1. The lowest BCUT2D eigenvalue weighted by atomic mass is 10.0. The molecule has 1 fully saturated rings. The highest BCUT2D eigenvalue weighted by atomic mass is 32.2. The highest BCUT2D eigenvalue weighted by Crippen LogP contribution is 2.39. The van der Waals surface area contributed by atoms with Gasteiger partial charge < -0.3 is 23.7 Å². The fraction of sp³-hybridized carbons (Fsp3) is 0.778. The van der Waals surface area contributed by atoms with Gasteiger partial charge in [0.25, 0.3) is 0 Å². The topological polar surface area (TPSA) is 114 Å². The molecule has 160 valence electrons. The minimum absolute atomic E-state index is 0.223. The minimum atomic E-state index is -1.13. The third kappa shape index (κ3) is 8.05. The van der Waals surface area contributed by atoms with Gasteiger partial charge in [0.1, 0.15) is 18.1 Å². The van der Waals surface area contributed by atoms with E-state index in [1.165, 1.54) is 39.5 Å². The summed E-state index contributed by atoms with van der Waals surface area (Å²) in [6.45, 7) is 10.4. The van der Waals surface area contributed by atoms with Crippen molar-refractivity contribution in [2.75, 3.05) is 6.61 Å². The first kappa shape index (κ1) is 24.2. The third-order valence-electron chi connectivity index (χ3n) is 3.42. The van der Waals surface area contributed by atoms with Gasteiger partial charge in [0, 0.05) is 32.4 Å². The lowest BCUT2D eigenvalue weighted by Gasteiger charge is -2.45. The van der Waals surface area contributed by atoms with Gasteiger partial charge in [-0.2, -0.15) is 0 Å². The Hall–Kier alpha value is -1.81. The monoisotopic (exact) mass is 421 g/mol. The van der Waals surface area contributed by atoms with Gasteiger partial charge in [-0.05, 0) is 0 Å². The number of carbonyl (C=O) groups is 4. The van der Waals surface area contributed by atoms with Crippen LogP contribution in [0.1, 0.15) is 48.5 Å². The van der Waals surface area contributed by atoms with Gasteiger partial charge in [-0.3, -0.25) is 19.2 Å². The smallest absolute Gasteiger partial charge is 0.303 e. The van der Waals surface area contributed by atoms with E-state index < -0.39 is 53.7 Å². The van der Waals surface area contributed by atoms with E-state index in [1.807, 2.05) is 20.8 Å². The van der Waals surface area contributed by atoms with Crippen LogP contribution in [-0.2, 0) is 42.9 Å². The van der Waals surface area contributed by atoms with E-state index in [1.54, 1.807) is 0 Å². The molecule has 0 radical (unpaired) electrons. The molecule has 9 nitrogen and oxygen atoms in total. The summed E-state index contributed by atoms with van der Waals surface area (Å²) in [6, 6.07) is 0. The van der Waals surface area contributed by atoms with E-state index in [2.05, 4.69) is 0 Å². The molecule has 0 aromatic heterocycles. The Labute approximate surface area is 168 Å². The Bertz CT molecular complexity index is 598. The Morgan fingerprint density at radius 2 is 1.25 bits per heavy atom. The van der Waals surface area contributed by atoms with Crippen LogP contribution in [0.3, 0.4) is 0 Å². The Morgan fingerprint density at radius 1 is 0.786 bits per heavy atom. The highest BCUT2D eigenvalue weighted by Gasteiger charge is 2.53. The van der Waals surface area contributed by atoms with Crippen molar-refractivity contribution in [3.63, 3.8) is 0 Å². The average molecular weight is 421 g/mol. The first-order chi connectivity index (χ1) is 12.8. The fourth-order valence-electron chi connectivity index (χ4n) is 2.63. The summed E-state index contributed by atoms with van der Waals surface area (Å²) in [6.07, 6.45) is -4.19. The van der Waals surface area contributed by atoms with Crippen molar-refractivity contribution < 1.29 is 42.9 Å². The third-order valence-corrected chi connectivity index (χ3v) is 4.74. The van der Waals surface area contributed by atoms with Crippen LogP contribution in [0, 0.1) is 0 Å². The number of hydrogen-bond acceptors (Lipinski definition) is 10. The highest BCUT2D eigenvalue weighted by molar-refractivity contribution is 8.01. The molecule has 1 saturated heterocycles. The molecular weight excluding hydrogens is 393 g/mol. The predicted molar refractivity (Wildman–Crippen MR) is 99.3 cm³/mol. The molecule has 1 heterocycles. The first-order valence-corrected chi connectivity index (χ1v) is 9.66. The summed E-state index contributed by atoms with van der Waals surface area (Å²) in [7, 11) is 0. The second-order valence-electron chi connectivity index (χ2n) is 7.30. The maximum Gasteiger partial charge on any atom is 0.303 e. The molecule has 0 amide bonds. The summed E-state index contributed by atoms with van der Waals surface area (Å²) >= 11 is 1.35. The average Bonchev–Trinajstić information content (AvgIpc) is 2.48. The molecule has 0 N–H and O–H groups in total. The summed E-state index contributed by atoms with van der Waals surface area (Å²) in [5, 5.41) is 0. The molecule has 0 aromatic rings. The Kier molecular flexibility index (Phi) is 8.75. The lowest BCUT2D eigenvalue weighted by molar-refractivity contribution is -0.237. The van der Waals surface area contributed by atoms with Gasteiger partial charge in [-0.15, -0.1) is 11.8 Å². The van der Waals surface area contributed by atoms with Crippen molar-refractivity contribution in [3.8, 4) is 0 Å². The summed E-state index contributed by atoms with van der Waals surface area (Å²) in [4.78, 5) is 46.3. The normalized spacial score (nSPS) is 27.5. The van der Waals surface area contributed by atoms with Gasteiger partial charge >= 0.3 is 23.9 Å². The van der Waals surface area contributed by atoms with Crippen LogP contribution < -0.4 is 0 Å². The first-order valence-electron chi connectivity index (χ1n) is 8.78. The number of carbonyl (C=O) groups excluding carboxylic acids is 4. The van der Waals surface area contributed by atoms with E-state index in [-0.39, 0.29) is 11.4 Å². The second kappa shape index (κ2) is 10.1. The van der Waals surface area contributed by atoms with E-state index in [0.29, 0.717) is 0 Å². The summed E-state index contributed by atoms with van der Waals surface area (Å²) in [5.74, 6) is -2.45. The lowest BCUT2D eigenvalue weighted by Crippen LogP contribution is -2.62. The van der Waals surface area contributed by atoms with Crippen molar-refractivity contribution >= 4 is 35.6 Å². The number of hydrogen-bond donors (Lipinski definition) is 0. The molecule has 0 spiro atoms. The summed E-state index contributed by atoms with van der Waals surface area (Å²) in [5.41, 5.74) is -0.749. The Morgan fingerprint density at radius 3 is 1.68 bits per heavy atom. The van der Waals surface area contributed by atoms with E-state index >= 15 is 0 Å². The predicted octanol–water partition coefficient (Wildman–Crippen LogP) is 1.60. The van der Waals surface area contributed by atoms with Crippen LogP contribution >= 0.6 is 11.8 Å². The molecular formula is C18H28O9S. The van der Waals surface area contributed by atoms with Gasteiger partial charge in [0.2, 0.25) is 0 Å². The van der Waals surface area contributed by atoms with Crippen molar-refractivity contribution in [1.82, 2.24) is 0 Å². The van der Waals surface area contributed by atoms with Crippen molar-refractivity contribution in [2.24, 2.45) is 0 Å². The largest absolute Gasteiger partial charge is 0.463 e. The molecule has 5 atom stereocenters. The maximum absolute atomic E-state index is 11.7. The number of esters is 4. The van der Waals surface area contributed by atoms with Crippen molar-refractivity contribution in [3.05, 3.63) is 0 Å². The molecule has 1 aliphatic heterocycles. The van der Waals surface area contributed by atoms with Crippen LogP contribution in [0.15, 0.2) is 0 Å². The van der Waals surface area contributed by atoms with Crippen LogP contribution in [-0.4, -0.2) is 65.1 Å². The zero-order chi connectivity index (χ0) is 21.6. The fourth-order valence-corrected chi connectivity index (χ4v) is 3.87. The van der Waals surface area contributed by atoms with E-state index in [0.717, 1.165) is 0 Å². The zero-order valence-corrected chi connectivity index (χ0v) is 18.0. The second-order valence-corrected chi connectivity index (χ2v) is 9.22. The molecule has 28 heavy (non-hydrogen) atoms. The maximum atomic E-state index is 11.7. The number of ether oxygens (including phenoxy) is 5. The number of rotatable bonds is 6. The molecule has 10 heteroatoms. The summed E-state index contributed by atoms with van der Waals surface area (Å²) < 4.78 is 26.8. The zero-order valence-electron chi connectivity index (χ0n) is 17.2. The van der Waals surface area contributed by atoms with Crippen molar-refractivity contribution in [1.29, 1.82) is 0 Å². The SMILES string of the molecule is CC(=O)OC[C@H]1O[13C@@H](SC(C)(C)C)[C@H](OC(C)=O)[C@@H](OC(C)=O)[C@@H]1OC(C)=O.